The molecule has 0 saturated carbocycles. The summed E-state index contributed by atoms with van der Waals surface area (Å²) in [6, 6.07) is 7.56. The second-order valence-electron chi connectivity index (χ2n) is 5.34. The van der Waals surface area contributed by atoms with E-state index in [1.165, 1.54) is 0 Å². The Morgan fingerprint density at radius 2 is 2.17 bits per heavy atom. The smallest absolute Gasteiger partial charge is 0.269 e. The highest BCUT2D eigenvalue weighted by atomic mass is 16.2. The minimum Gasteiger partial charge on any atom is -0.351 e. The summed E-state index contributed by atoms with van der Waals surface area (Å²) in [4.78, 5) is 12.2. The molecule has 0 aliphatic carbocycles. The molecule has 120 valence electrons. The minimum atomic E-state index is -0.0814. The molecule has 0 fully saturated rings. The first kappa shape index (κ1) is 15.2. The second-order valence-corrected chi connectivity index (χ2v) is 5.34. The summed E-state index contributed by atoms with van der Waals surface area (Å²) in [5.41, 5.74) is 1.45. The van der Waals surface area contributed by atoms with Crippen molar-refractivity contribution in [2.24, 2.45) is 0 Å². The number of aryl methyl sites for hydroxylation is 2. The molecule has 3 aromatic heterocycles. The molecule has 7 heteroatoms. The van der Waals surface area contributed by atoms with Crippen LogP contribution in [0.2, 0.25) is 0 Å². The minimum absolute atomic E-state index is 0.0814. The zero-order valence-electron chi connectivity index (χ0n) is 13.1. The van der Waals surface area contributed by atoms with Crippen molar-refractivity contribution < 1.29 is 4.79 Å². The van der Waals surface area contributed by atoms with Crippen LogP contribution in [0.5, 0.6) is 0 Å². The number of nitrogens with zero attached hydrogens (tertiary/aromatic N) is 5. The Morgan fingerprint density at radius 1 is 1.26 bits per heavy atom. The van der Waals surface area contributed by atoms with Gasteiger partial charge >= 0.3 is 0 Å². The monoisotopic (exact) mass is 312 g/mol. The van der Waals surface area contributed by atoms with E-state index in [-0.39, 0.29) is 5.91 Å². The predicted molar refractivity (Wildman–Crippen MR) is 86.2 cm³/mol. The number of aromatic nitrogens is 5. The van der Waals surface area contributed by atoms with E-state index >= 15 is 0 Å². The summed E-state index contributed by atoms with van der Waals surface area (Å²) in [7, 11) is 0. The highest BCUT2D eigenvalue weighted by Crippen LogP contribution is 2.05. The van der Waals surface area contributed by atoms with Crippen LogP contribution in [-0.2, 0) is 13.0 Å². The molecular weight excluding hydrogens is 292 g/mol. The van der Waals surface area contributed by atoms with Gasteiger partial charge in [-0.1, -0.05) is 13.0 Å². The first-order valence-electron chi connectivity index (χ1n) is 7.88. The standard InChI is InChI=1S/C16H20N6O/c1-2-11-22-13(8-10-18-22)16(23)17-9-5-7-15-20-19-14-6-3-4-12-21(14)15/h3-4,6,8,10,12H,2,5,7,9,11H2,1H3,(H,17,23). The van der Waals surface area contributed by atoms with Crippen molar-refractivity contribution in [2.75, 3.05) is 6.54 Å². The topological polar surface area (TPSA) is 77.1 Å². The number of hydrogen-bond acceptors (Lipinski definition) is 4. The fourth-order valence-corrected chi connectivity index (χ4v) is 2.52. The number of amides is 1. The second kappa shape index (κ2) is 7.04. The number of rotatable bonds is 7. The van der Waals surface area contributed by atoms with Gasteiger partial charge in [-0.05, 0) is 31.0 Å². The molecule has 0 aliphatic rings. The van der Waals surface area contributed by atoms with Crippen LogP contribution < -0.4 is 5.32 Å². The summed E-state index contributed by atoms with van der Waals surface area (Å²) in [5.74, 6) is 0.827. The van der Waals surface area contributed by atoms with Crippen LogP contribution in [0, 0.1) is 0 Å². The Morgan fingerprint density at radius 3 is 3.04 bits per heavy atom. The van der Waals surface area contributed by atoms with Gasteiger partial charge in [-0.25, -0.2) is 0 Å². The molecule has 0 bridgehead atoms. The fraction of sp³-hybridized carbons (Fsp3) is 0.375. The van der Waals surface area contributed by atoms with Crippen LogP contribution in [0.25, 0.3) is 5.65 Å². The third kappa shape index (κ3) is 3.39. The zero-order valence-corrected chi connectivity index (χ0v) is 13.1. The lowest BCUT2D eigenvalue weighted by atomic mass is 10.3. The van der Waals surface area contributed by atoms with Gasteiger partial charge in [-0.3, -0.25) is 13.9 Å². The lowest BCUT2D eigenvalue weighted by Crippen LogP contribution is -2.27. The molecule has 0 atom stereocenters. The average molecular weight is 312 g/mol. The number of hydrogen-bond donors (Lipinski definition) is 1. The summed E-state index contributed by atoms with van der Waals surface area (Å²) in [6.07, 6.45) is 6.13. The molecule has 0 saturated heterocycles. The third-order valence-corrected chi connectivity index (χ3v) is 3.63. The van der Waals surface area contributed by atoms with Crippen molar-refractivity contribution in [2.45, 2.75) is 32.7 Å². The highest BCUT2D eigenvalue weighted by molar-refractivity contribution is 5.92. The van der Waals surface area contributed by atoms with E-state index in [1.54, 1.807) is 16.9 Å². The van der Waals surface area contributed by atoms with Crippen LogP contribution in [-0.4, -0.2) is 36.8 Å². The molecule has 3 aromatic rings. The van der Waals surface area contributed by atoms with Gasteiger partial charge in [-0.2, -0.15) is 5.10 Å². The normalized spacial score (nSPS) is 11.0. The van der Waals surface area contributed by atoms with Gasteiger partial charge in [0.15, 0.2) is 5.65 Å². The summed E-state index contributed by atoms with van der Waals surface area (Å²) >= 11 is 0. The molecule has 3 heterocycles. The molecule has 3 rings (SSSR count). The summed E-state index contributed by atoms with van der Waals surface area (Å²) < 4.78 is 3.71. The molecule has 7 nitrogen and oxygen atoms in total. The maximum absolute atomic E-state index is 12.2. The van der Waals surface area contributed by atoms with Crippen LogP contribution >= 0.6 is 0 Å². The van der Waals surface area contributed by atoms with Crippen LogP contribution in [0.1, 0.15) is 36.1 Å². The molecule has 0 aromatic carbocycles. The van der Waals surface area contributed by atoms with E-state index < -0.39 is 0 Å². The van der Waals surface area contributed by atoms with Gasteiger partial charge in [0.1, 0.15) is 11.5 Å². The lowest BCUT2D eigenvalue weighted by Gasteiger charge is -2.07. The molecule has 23 heavy (non-hydrogen) atoms. The van der Waals surface area contributed by atoms with E-state index in [1.807, 2.05) is 28.8 Å². The largest absolute Gasteiger partial charge is 0.351 e. The first-order valence-corrected chi connectivity index (χ1v) is 7.88. The number of pyridine rings is 1. The van der Waals surface area contributed by atoms with E-state index in [2.05, 4.69) is 27.5 Å². The van der Waals surface area contributed by atoms with Gasteiger partial charge in [0.25, 0.3) is 5.91 Å². The van der Waals surface area contributed by atoms with Crippen LogP contribution in [0.4, 0.5) is 0 Å². The van der Waals surface area contributed by atoms with E-state index in [4.69, 9.17) is 0 Å². The van der Waals surface area contributed by atoms with Crippen molar-refractivity contribution in [3.63, 3.8) is 0 Å². The van der Waals surface area contributed by atoms with Crippen LogP contribution in [0.15, 0.2) is 36.7 Å². The van der Waals surface area contributed by atoms with Crippen molar-refractivity contribution in [1.82, 2.24) is 29.7 Å². The molecule has 1 amide bonds. The lowest BCUT2D eigenvalue weighted by molar-refractivity contribution is 0.0942. The quantitative estimate of drug-likeness (QED) is 0.674. The SMILES string of the molecule is CCCn1nccc1C(=O)NCCCc1nnc2ccccn12. The molecule has 0 spiro atoms. The highest BCUT2D eigenvalue weighted by Gasteiger charge is 2.11. The van der Waals surface area contributed by atoms with Crippen molar-refractivity contribution >= 4 is 11.6 Å². The Labute approximate surface area is 134 Å². The molecule has 0 unspecified atom stereocenters. The Balaban J connectivity index is 1.51. The summed E-state index contributed by atoms with van der Waals surface area (Å²) in [5, 5.41) is 15.4. The summed E-state index contributed by atoms with van der Waals surface area (Å²) in [6.45, 7) is 3.41. The maximum atomic E-state index is 12.2. The molecule has 0 radical (unpaired) electrons. The third-order valence-electron chi connectivity index (χ3n) is 3.63. The first-order chi connectivity index (χ1) is 11.3. The number of nitrogens with one attached hydrogen (secondary N) is 1. The molecule has 1 N–H and O–H groups in total. The Kier molecular flexibility index (Phi) is 4.65. The average Bonchev–Trinajstić information content (AvgIpc) is 3.19. The van der Waals surface area contributed by atoms with E-state index in [9.17, 15) is 4.79 Å². The molecular formula is C16H20N6O. The van der Waals surface area contributed by atoms with Gasteiger partial charge in [0, 0.05) is 31.9 Å². The Hall–Kier alpha value is -2.70. The van der Waals surface area contributed by atoms with Gasteiger partial charge in [0.2, 0.25) is 0 Å². The van der Waals surface area contributed by atoms with Crippen molar-refractivity contribution in [3.05, 3.63) is 48.2 Å². The van der Waals surface area contributed by atoms with Gasteiger partial charge in [0.05, 0.1) is 0 Å². The number of carbonyl (C=O) groups is 1. The van der Waals surface area contributed by atoms with Crippen LogP contribution in [0.3, 0.4) is 0 Å². The van der Waals surface area contributed by atoms with Crippen molar-refractivity contribution in [1.29, 1.82) is 0 Å². The van der Waals surface area contributed by atoms with Gasteiger partial charge < -0.3 is 5.32 Å². The number of fused-ring (bicyclic) bond motifs is 1. The Bertz CT molecular complexity index is 791. The van der Waals surface area contributed by atoms with Gasteiger partial charge in [-0.15, -0.1) is 10.2 Å². The predicted octanol–water partition coefficient (Wildman–Crippen LogP) is 1.70. The fourth-order valence-electron chi connectivity index (χ4n) is 2.52. The molecule has 0 aliphatic heterocycles. The number of carbonyl (C=O) groups excluding carboxylic acids is 1. The zero-order chi connectivity index (χ0) is 16.1. The van der Waals surface area contributed by atoms with E-state index in [0.29, 0.717) is 12.2 Å². The van der Waals surface area contributed by atoms with Crippen molar-refractivity contribution in [3.8, 4) is 0 Å². The van der Waals surface area contributed by atoms with E-state index in [0.717, 1.165) is 37.3 Å². The maximum Gasteiger partial charge on any atom is 0.269 e.